The van der Waals surface area contributed by atoms with Crippen LogP contribution in [0.5, 0.6) is 0 Å². The molecule has 0 aliphatic carbocycles. The summed E-state index contributed by atoms with van der Waals surface area (Å²) in [6.45, 7) is 0.463. The zero-order chi connectivity index (χ0) is 14.8. The van der Waals surface area contributed by atoms with Gasteiger partial charge >= 0.3 is 0 Å². The summed E-state index contributed by atoms with van der Waals surface area (Å²) in [4.78, 5) is 4.36. The molecule has 0 aliphatic rings. The normalized spacial score (nSPS) is 10.8. The lowest BCUT2D eigenvalue weighted by Gasteiger charge is -2.11. The van der Waals surface area contributed by atoms with E-state index < -0.39 is 0 Å². The fraction of sp³-hybridized carbons (Fsp3) is 0.0625. The highest BCUT2D eigenvalue weighted by Gasteiger charge is 2.06. The van der Waals surface area contributed by atoms with Gasteiger partial charge in [-0.05, 0) is 35.9 Å². The number of aromatic nitrogens is 1. The summed E-state index contributed by atoms with van der Waals surface area (Å²) in [7, 11) is 0. The number of hydrogen-bond acceptors (Lipinski definition) is 2. The maximum absolute atomic E-state index is 13.0. The van der Waals surface area contributed by atoms with Crippen LogP contribution in [-0.4, -0.2) is 4.98 Å². The first-order valence-electron chi connectivity index (χ1n) is 6.35. The number of benzene rings is 2. The molecule has 0 saturated carbocycles. The van der Waals surface area contributed by atoms with Crippen molar-refractivity contribution in [1.82, 2.24) is 4.98 Å². The Morgan fingerprint density at radius 3 is 2.76 bits per heavy atom. The largest absolute Gasteiger partial charge is 0.379 e. The summed E-state index contributed by atoms with van der Waals surface area (Å²) in [6.07, 6.45) is 1.73. The summed E-state index contributed by atoms with van der Waals surface area (Å²) in [5.41, 5.74) is 2.46. The molecule has 0 atom stereocenters. The van der Waals surface area contributed by atoms with Crippen LogP contribution in [0, 0.1) is 5.82 Å². The number of hydrogen-bond donors (Lipinski definition) is 1. The highest BCUT2D eigenvalue weighted by Crippen LogP contribution is 2.27. The predicted octanol–water partition coefficient (Wildman–Crippen LogP) is 5.29. The van der Waals surface area contributed by atoms with Gasteiger partial charge in [-0.1, -0.05) is 35.3 Å². The third kappa shape index (κ3) is 3.09. The molecule has 0 radical (unpaired) electrons. The molecule has 21 heavy (non-hydrogen) atoms. The average Bonchev–Trinajstić information content (AvgIpc) is 2.46. The van der Waals surface area contributed by atoms with Crippen molar-refractivity contribution in [3.05, 3.63) is 70.1 Å². The molecule has 1 aromatic heterocycles. The Hall–Kier alpha value is -1.84. The van der Waals surface area contributed by atoms with E-state index >= 15 is 0 Å². The second kappa shape index (κ2) is 5.88. The van der Waals surface area contributed by atoms with Crippen molar-refractivity contribution in [3.63, 3.8) is 0 Å². The molecule has 0 unspecified atom stereocenters. The number of rotatable bonds is 3. The number of nitrogens with zero attached hydrogens (tertiary/aromatic N) is 1. The molecule has 0 saturated heterocycles. The molecule has 3 aromatic rings. The second-order valence-corrected chi connectivity index (χ2v) is 5.46. The molecule has 0 spiro atoms. The van der Waals surface area contributed by atoms with Crippen molar-refractivity contribution >= 4 is 39.8 Å². The van der Waals surface area contributed by atoms with E-state index in [4.69, 9.17) is 23.2 Å². The molecule has 0 aliphatic heterocycles. The number of anilines is 1. The summed E-state index contributed by atoms with van der Waals surface area (Å²) >= 11 is 12.1. The van der Waals surface area contributed by atoms with Gasteiger partial charge in [0.2, 0.25) is 0 Å². The summed E-state index contributed by atoms with van der Waals surface area (Å²) in [5, 5.41) is 5.23. The Morgan fingerprint density at radius 2 is 1.95 bits per heavy atom. The standard InChI is InChI=1S/C16H11Cl2FN2/c17-12-6-10-2-1-5-20-16(10)15(7-12)21-9-11-3-4-13(19)8-14(11)18/h1-8,21H,9H2. The number of pyridine rings is 1. The van der Waals surface area contributed by atoms with E-state index in [2.05, 4.69) is 10.3 Å². The van der Waals surface area contributed by atoms with Gasteiger partial charge in [0, 0.05) is 28.2 Å². The van der Waals surface area contributed by atoms with Crippen molar-refractivity contribution in [2.24, 2.45) is 0 Å². The zero-order valence-electron chi connectivity index (χ0n) is 10.9. The number of nitrogens with one attached hydrogen (secondary N) is 1. The molecular weight excluding hydrogens is 310 g/mol. The number of halogens is 3. The van der Waals surface area contributed by atoms with Crippen LogP contribution in [-0.2, 0) is 6.54 Å². The predicted molar refractivity (Wildman–Crippen MR) is 85.5 cm³/mol. The molecule has 0 bridgehead atoms. The summed E-state index contributed by atoms with van der Waals surface area (Å²) in [5.74, 6) is -0.348. The third-order valence-corrected chi connectivity index (χ3v) is 3.72. The van der Waals surface area contributed by atoms with Gasteiger partial charge in [0.25, 0.3) is 0 Å². The summed E-state index contributed by atoms with van der Waals surface area (Å²) in [6, 6.07) is 11.8. The van der Waals surface area contributed by atoms with Crippen molar-refractivity contribution in [2.45, 2.75) is 6.54 Å². The Morgan fingerprint density at radius 1 is 1.10 bits per heavy atom. The lowest BCUT2D eigenvalue weighted by atomic mass is 10.1. The maximum atomic E-state index is 13.0. The molecule has 2 aromatic carbocycles. The maximum Gasteiger partial charge on any atom is 0.124 e. The topological polar surface area (TPSA) is 24.9 Å². The van der Waals surface area contributed by atoms with Gasteiger partial charge in [-0.2, -0.15) is 0 Å². The Balaban J connectivity index is 1.91. The van der Waals surface area contributed by atoms with Crippen LogP contribution < -0.4 is 5.32 Å². The lowest BCUT2D eigenvalue weighted by Crippen LogP contribution is -2.01. The molecule has 5 heteroatoms. The van der Waals surface area contributed by atoms with Crippen LogP contribution in [0.4, 0.5) is 10.1 Å². The SMILES string of the molecule is Fc1ccc(CNc2cc(Cl)cc3cccnc23)c(Cl)c1. The van der Waals surface area contributed by atoms with Crippen LogP contribution in [0.25, 0.3) is 10.9 Å². The summed E-state index contributed by atoms with van der Waals surface area (Å²) < 4.78 is 13.0. The van der Waals surface area contributed by atoms with Crippen LogP contribution in [0.2, 0.25) is 10.0 Å². The fourth-order valence-corrected chi connectivity index (χ4v) is 2.61. The van der Waals surface area contributed by atoms with Gasteiger partial charge in [-0.15, -0.1) is 0 Å². The van der Waals surface area contributed by atoms with Gasteiger partial charge in [0.05, 0.1) is 11.2 Å². The fourth-order valence-electron chi connectivity index (χ4n) is 2.15. The Kier molecular flexibility index (Phi) is 3.95. The van der Waals surface area contributed by atoms with Gasteiger partial charge in [-0.25, -0.2) is 4.39 Å². The minimum absolute atomic E-state index is 0.348. The first kappa shape index (κ1) is 14.1. The first-order chi connectivity index (χ1) is 10.1. The van der Waals surface area contributed by atoms with Crippen molar-refractivity contribution < 1.29 is 4.39 Å². The quantitative estimate of drug-likeness (QED) is 0.709. The van der Waals surface area contributed by atoms with Crippen molar-refractivity contribution in [1.29, 1.82) is 0 Å². The van der Waals surface area contributed by atoms with E-state index in [0.717, 1.165) is 22.2 Å². The molecule has 0 fully saturated rings. The van der Waals surface area contributed by atoms with Crippen LogP contribution in [0.15, 0.2) is 48.7 Å². The van der Waals surface area contributed by atoms with E-state index in [9.17, 15) is 4.39 Å². The zero-order valence-corrected chi connectivity index (χ0v) is 12.4. The Labute approximate surface area is 131 Å². The van der Waals surface area contributed by atoms with Crippen LogP contribution in [0.3, 0.4) is 0 Å². The monoisotopic (exact) mass is 320 g/mol. The van der Waals surface area contributed by atoms with Crippen LogP contribution in [0.1, 0.15) is 5.56 Å². The highest BCUT2D eigenvalue weighted by molar-refractivity contribution is 6.32. The average molecular weight is 321 g/mol. The smallest absolute Gasteiger partial charge is 0.124 e. The minimum Gasteiger partial charge on any atom is -0.379 e. The molecule has 2 nitrogen and oxygen atoms in total. The van der Waals surface area contributed by atoms with E-state index in [-0.39, 0.29) is 5.82 Å². The van der Waals surface area contributed by atoms with Gasteiger partial charge in [0.1, 0.15) is 5.82 Å². The minimum atomic E-state index is -0.348. The molecule has 106 valence electrons. The van der Waals surface area contributed by atoms with Crippen molar-refractivity contribution in [2.75, 3.05) is 5.32 Å². The van der Waals surface area contributed by atoms with E-state index in [1.165, 1.54) is 12.1 Å². The molecular formula is C16H11Cl2FN2. The lowest BCUT2D eigenvalue weighted by molar-refractivity contribution is 0.627. The number of fused-ring (bicyclic) bond motifs is 1. The highest BCUT2D eigenvalue weighted by atomic mass is 35.5. The van der Waals surface area contributed by atoms with Gasteiger partial charge in [0.15, 0.2) is 0 Å². The Bertz CT molecular complexity index is 805. The van der Waals surface area contributed by atoms with E-state index in [1.54, 1.807) is 12.3 Å². The van der Waals surface area contributed by atoms with Gasteiger partial charge in [-0.3, -0.25) is 4.98 Å². The molecule has 1 N–H and O–H groups in total. The molecule has 0 amide bonds. The van der Waals surface area contributed by atoms with Crippen LogP contribution >= 0.6 is 23.2 Å². The first-order valence-corrected chi connectivity index (χ1v) is 7.11. The van der Waals surface area contributed by atoms with E-state index in [0.29, 0.717) is 16.6 Å². The van der Waals surface area contributed by atoms with Gasteiger partial charge < -0.3 is 5.32 Å². The molecule has 1 heterocycles. The van der Waals surface area contributed by atoms with E-state index in [1.807, 2.05) is 24.3 Å². The van der Waals surface area contributed by atoms with Crippen molar-refractivity contribution in [3.8, 4) is 0 Å². The second-order valence-electron chi connectivity index (χ2n) is 4.62. The molecule has 3 rings (SSSR count). The third-order valence-electron chi connectivity index (χ3n) is 3.15.